The Balaban J connectivity index is 2.46. The van der Waals surface area contributed by atoms with E-state index in [0.29, 0.717) is 13.0 Å². The molecule has 0 heterocycles. The minimum atomic E-state index is 0.0600. The zero-order valence-corrected chi connectivity index (χ0v) is 12.2. The van der Waals surface area contributed by atoms with E-state index in [1.54, 1.807) is 0 Å². The molecule has 0 unspecified atom stereocenters. The van der Waals surface area contributed by atoms with E-state index in [4.69, 9.17) is 4.74 Å². The monoisotopic (exact) mass is 264 g/mol. The van der Waals surface area contributed by atoms with Crippen molar-refractivity contribution in [1.82, 2.24) is 5.32 Å². The molecule has 0 saturated carbocycles. The number of anilines is 1. The first-order chi connectivity index (χ1) is 8.99. The Morgan fingerprint density at radius 3 is 2.53 bits per heavy atom. The highest BCUT2D eigenvalue weighted by molar-refractivity contribution is 5.76. The van der Waals surface area contributed by atoms with Gasteiger partial charge in [-0.2, -0.15) is 0 Å². The number of benzene rings is 1. The third-order valence-corrected chi connectivity index (χ3v) is 2.37. The van der Waals surface area contributed by atoms with Crippen molar-refractivity contribution >= 4 is 11.6 Å². The lowest BCUT2D eigenvalue weighted by Crippen LogP contribution is -2.31. The van der Waals surface area contributed by atoms with Crippen molar-refractivity contribution < 1.29 is 9.53 Å². The maximum atomic E-state index is 11.5. The van der Waals surface area contributed by atoms with E-state index in [0.717, 1.165) is 11.4 Å². The third kappa shape index (κ3) is 6.13. The van der Waals surface area contributed by atoms with E-state index < -0.39 is 0 Å². The fourth-order valence-electron chi connectivity index (χ4n) is 1.67. The molecule has 106 valence electrons. The number of carbonyl (C=O) groups excluding carboxylic acids is 1. The summed E-state index contributed by atoms with van der Waals surface area (Å²) in [5.41, 5.74) is 0.925. The van der Waals surface area contributed by atoms with Crippen molar-refractivity contribution in [3.63, 3.8) is 0 Å². The standard InChI is InChI=1S/C15H24N2O2/c1-11(2)17-15(18)9-10-16-13-7-5-6-8-14(13)19-12(3)4/h5-8,11-12,16H,9-10H2,1-4H3,(H,17,18). The Kier molecular flexibility index (Phi) is 6.19. The molecular formula is C15H24N2O2. The molecule has 2 N–H and O–H groups in total. The van der Waals surface area contributed by atoms with E-state index in [-0.39, 0.29) is 18.1 Å². The normalized spacial score (nSPS) is 10.6. The zero-order valence-electron chi connectivity index (χ0n) is 12.2. The van der Waals surface area contributed by atoms with Crippen LogP contribution in [0.15, 0.2) is 24.3 Å². The van der Waals surface area contributed by atoms with E-state index in [2.05, 4.69) is 10.6 Å². The van der Waals surface area contributed by atoms with Gasteiger partial charge >= 0.3 is 0 Å². The fraction of sp³-hybridized carbons (Fsp3) is 0.533. The van der Waals surface area contributed by atoms with Gasteiger partial charge < -0.3 is 15.4 Å². The first-order valence-electron chi connectivity index (χ1n) is 6.78. The Labute approximate surface area is 115 Å². The SMILES string of the molecule is CC(C)NC(=O)CCNc1ccccc1OC(C)C. The summed E-state index contributed by atoms with van der Waals surface area (Å²) >= 11 is 0. The fourth-order valence-corrected chi connectivity index (χ4v) is 1.67. The Morgan fingerprint density at radius 2 is 1.89 bits per heavy atom. The molecule has 1 aromatic carbocycles. The van der Waals surface area contributed by atoms with Crippen molar-refractivity contribution in [3.05, 3.63) is 24.3 Å². The first kappa shape index (κ1) is 15.3. The molecule has 0 aliphatic heterocycles. The van der Waals surface area contributed by atoms with Crippen LogP contribution in [0.5, 0.6) is 5.75 Å². The van der Waals surface area contributed by atoms with Gasteiger partial charge in [-0.3, -0.25) is 4.79 Å². The highest BCUT2D eigenvalue weighted by atomic mass is 16.5. The maximum Gasteiger partial charge on any atom is 0.221 e. The minimum absolute atomic E-state index is 0.0600. The Hall–Kier alpha value is -1.71. The van der Waals surface area contributed by atoms with Crippen LogP contribution in [-0.4, -0.2) is 24.6 Å². The van der Waals surface area contributed by atoms with Gasteiger partial charge in [0, 0.05) is 19.0 Å². The molecule has 0 spiro atoms. The molecule has 0 saturated heterocycles. The predicted octanol–water partition coefficient (Wildman–Crippen LogP) is 2.80. The van der Waals surface area contributed by atoms with Crippen LogP contribution in [0.25, 0.3) is 0 Å². The number of para-hydroxylation sites is 2. The molecule has 0 aliphatic carbocycles. The van der Waals surface area contributed by atoms with Gasteiger partial charge in [-0.1, -0.05) is 12.1 Å². The summed E-state index contributed by atoms with van der Waals surface area (Å²) in [4.78, 5) is 11.5. The van der Waals surface area contributed by atoms with Crippen LogP contribution in [0.2, 0.25) is 0 Å². The van der Waals surface area contributed by atoms with Crippen LogP contribution in [0, 0.1) is 0 Å². The van der Waals surface area contributed by atoms with Gasteiger partial charge in [0.1, 0.15) is 5.75 Å². The molecule has 4 nitrogen and oxygen atoms in total. The highest BCUT2D eigenvalue weighted by Crippen LogP contribution is 2.24. The molecule has 19 heavy (non-hydrogen) atoms. The molecule has 1 amide bonds. The maximum absolute atomic E-state index is 11.5. The number of ether oxygens (including phenoxy) is 1. The van der Waals surface area contributed by atoms with Crippen LogP contribution in [0.4, 0.5) is 5.69 Å². The third-order valence-electron chi connectivity index (χ3n) is 2.37. The van der Waals surface area contributed by atoms with Crippen LogP contribution >= 0.6 is 0 Å². The van der Waals surface area contributed by atoms with E-state index in [1.807, 2.05) is 52.0 Å². The number of rotatable bonds is 7. The van der Waals surface area contributed by atoms with E-state index in [1.165, 1.54) is 0 Å². The van der Waals surface area contributed by atoms with Gasteiger partial charge in [0.25, 0.3) is 0 Å². The van der Waals surface area contributed by atoms with Crippen LogP contribution in [0.1, 0.15) is 34.1 Å². The lowest BCUT2D eigenvalue weighted by atomic mass is 10.2. The summed E-state index contributed by atoms with van der Waals surface area (Å²) < 4.78 is 5.70. The smallest absolute Gasteiger partial charge is 0.221 e. The van der Waals surface area contributed by atoms with Crippen molar-refractivity contribution in [2.45, 2.75) is 46.3 Å². The summed E-state index contributed by atoms with van der Waals surface area (Å²) in [6.45, 7) is 8.49. The predicted molar refractivity (Wildman–Crippen MR) is 78.6 cm³/mol. The molecule has 1 rings (SSSR count). The van der Waals surface area contributed by atoms with Crippen molar-refractivity contribution in [2.24, 2.45) is 0 Å². The second-order valence-electron chi connectivity index (χ2n) is 5.06. The Bertz CT molecular complexity index is 403. The quantitative estimate of drug-likeness (QED) is 0.796. The largest absolute Gasteiger partial charge is 0.489 e. The summed E-state index contributed by atoms with van der Waals surface area (Å²) in [5, 5.41) is 6.10. The number of nitrogens with one attached hydrogen (secondary N) is 2. The summed E-state index contributed by atoms with van der Waals surface area (Å²) in [5.74, 6) is 0.881. The number of amides is 1. The molecule has 0 fully saturated rings. The molecule has 0 bridgehead atoms. The molecular weight excluding hydrogens is 240 g/mol. The number of hydrogen-bond donors (Lipinski definition) is 2. The molecule has 0 aromatic heterocycles. The summed E-state index contributed by atoms with van der Waals surface area (Å²) in [6.07, 6.45) is 0.584. The van der Waals surface area contributed by atoms with Crippen LogP contribution < -0.4 is 15.4 Å². The molecule has 0 aliphatic rings. The van der Waals surface area contributed by atoms with Crippen molar-refractivity contribution in [2.75, 3.05) is 11.9 Å². The first-order valence-corrected chi connectivity index (χ1v) is 6.78. The van der Waals surface area contributed by atoms with Crippen LogP contribution in [0.3, 0.4) is 0 Å². The zero-order chi connectivity index (χ0) is 14.3. The average molecular weight is 264 g/mol. The second-order valence-corrected chi connectivity index (χ2v) is 5.06. The van der Waals surface area contributed by atoms with Gasteiger partial charge in [0.15, 0.2) is 0 Å². The molecule has 0 atom stereocenters. The van der Waals surface area contributed by atoms with Gasteiger partial charge in [-0.25, -0.2) is 0 Å². The second kappa shape index (κ2) is 7.67. The molecule has 0 radical (unpaired) electrons. The lowest BCUT2D eigenvalue weighted by Gasteiger charge is -2.15. The van der Waals surface area contributed by atoms with Gasteiger partial charge in [0.2, 0.25) is 5.91 Å². The Morgan fingerprint density at radius 1 is 1.21 bits per heavy atom. The van der Waals surface area contributed by atoms with Gasteiger partial charge in [-0.05, 0) is 39.8 Å². The molecule has 4 heteroatoms. The van der Waals surface area contributed by atoms with E-state index in [9.17, 15) is 4.79 Å². The minimum Gasteiger partial charge on any atom is -0.489 e. The van der Waals surface area contributed by atoms with Crippen molar-refractivity contribution in [1.29, 1.82) is 0 Å². The summed E-state index contributed by atoms with van der Waals surface area (Å²) in [6, 6.07) is 7.95. The van der Waals surface area contributed by atoms with Gasteiger partial charge in [-0.15, -0.1) is 0 Å². The summed E-state index contributed by atoms with van der Waals surface area (Å²) in [7, 11) is 0. The van der Waals surface area contributed by atoms with Crippen molar-refractivity contribution in [3.8, 4) is 5.75 Å². The van der Waals surface area contributed by atoms with E-state index >= 15 is 0 Å². The highest BCUT2D eigenvalue weighted by Gasteiger charge is 2.06. The average Bonchev–Trinajstić information content (AvgIpc) is 2.29. The number of carbonyl (C=O) groups is 1. The number of hydrogen-bond acceptors (Lipinski definition) is 3. The lowest BCUT2D eigenvalue weighted by molar-refractivity contribution is -0.121. The van der Waals surface area contributed by atoms with Gasteiger partial charge in [0.05, 0.1) is 11.8 Å². The molecule has 1 aromatic rings. The van der Waals surface area contributed by atoms with Crippen LogP contribution in [-0.2, 0) is 4.79 Å². The topological polar surface area (TPSA) is 50.4 Å².